The van der Waals surface area contributed by atoms with E-state index in [1.165, 1.54) is 0 Å². The Balaban J connectivity index is 4.16. The van der Waals surface area contributed by atoms with Crippen molar-refractivity contribution in [1.82, 2.24) is 0 Å². The Morgan fingerprint density at radius 2 is 1.92 bits per heavy atom. The molecule has 70 valence electrons. The SMILES string of the molecule is NCCCC(=O)C(N)(O)C(=O)O. The van der Waals surface area contributed by atoms with Crippen molar-refractivity contribution in [1.29, 1.82) is 0 Å². The van der Waals surface area contributed by atoms with Crippen LogP contribution >= 0.6 is 0 Å². The van der Waals surface area contributed by atoms with Gasteiger partial charge in [0.2, 0.25) is 0 Å². The van der Waals surface area contributed by atoms with Crippen molar-refractivity contribution in [2.45, 2.75) is 18.6 Å². The third kappa shape index (κ3) is 2.57. The molecule has 0 aromatic rings. The van der Waals surface area contributed by atoms with Gasteiger partial charge in [-0.25, -0.2) is 4.79 Å². The van der Waals surface area contributed by atoms with Crippen LogP contribution < -0.4 is 11.5 Å². The normalized spacial score (nSPS) is 15.2. The number of hydrogen-bond acceptors (Lipinski definition) is 5. The number of aliphatic carboxylic acids is 1. The molecular formula is C6H12N2O4. The fraction of sp³-hybridized carbons (Fsp3) is 0.667. The monoisotopic (exact) mass is 176 g/mol. The quantitative estimate of drug-likeness (QED) is 0.284. The van der Waals surface area contributed by atoms with Crippen LogP contribution in [-0.2, 0) is 9.59 Å². The molecule has 0 saturated carbocycles. The minimum atomic E-state index is -2.77. The molecule has 0 aromatic heterocycles. The minimum Gasteiger partial charge on any atom is -0.478 e. The van der Waals surface area contributed by atoms with E-state index in [-0.39, 0.29) is 13.0 Å². The van der Waals surface area contributed by atoms with E-state index < -0.39 is 17.5 Å². The topological polar surface area (TPSA) is 127 Å². The molecule has 0 fully saturated rings. The number of hydrogen-bond donors (Lipinski definition) is 4. The Morgan fingerprint density at radius 1 is 1.42 bits per heavy atom. The predicted molar refractivity (Wildman–Crippen MR) is 40.1 cm³/mol. The van der Waals surface area contributed by atoms with E-state index in [1.807, 2.05) is 0 Å². The standard InChI is InChI=1S/C6H12N2O4/c7-3-1-2-4(9)6(8,12)5(10)11/h12H,1-3,7-8H2,(H,10,11). The molecule has 0 heterocycles. The molecule has 0 aliphatic rings. The Bertz CT molecular complexity index is 190. The second kappa shape index (κ2) is 4.15. The Morgan fingerprint density at radius 3 is 2.25 bits per heavy atom. The lowest BCUT2D eigenvalue weighted by atomic mass is 10.1. The molecule has 1 atom stereocenters. The summed E-state index contributed by atoms with van der Waals surface area (Å²) < 4.78 is 0. The van der Waals surface area contributed by atoms with Gasteiger partial charge in [-0.1, -0.05) is 0 Å². The molecule has 6 N–H and O–H groups in total. The summed E-state index contributed by atoms with van der Waals surface area (Å²) >= 11 is 0. The summed E-state index contributed by atoms with van der Waals surface area (Å²) in [6, 6.07) is 0. The van der Waals surface area contributed by atoms with E-state index in [1.54, 1.807) is 0 Å². The van der Waals surface area contributed by atoms with Gasteiger partial charge in [0.15, 0.2) is 5.78 Å². The van der Waals surface area contributed by atoms with Crippen molar-refractivity contribution < 1.29 is 19.8 Å². The van der Waals surface area contributed by atoms with E-state index in [2.05, 4.69) is 0 Å². The molecule has 0 radical (unpaired) electrons. The maximum Gasteiger partial charge on any atom is 0.359 e. The number of carbonyl (C=O) groups is 2. The van der Waals surface area contributed by atoms with Crippen LogP contribution in [0.25, 0.3) is 0 Å². The first kappa shape index (κ1) is 11.0. The smallest absolute Gasteiger partial charge is 0.359 e. The van der Waals surface area contributed by atoms with Crippen LogP contribution in [0.15, 0.2) is 0 Å². The van der Waals surface area contributed by atoms with Crippen LogP contribution in [0.5, 0.6) is 0 Å². The van der Waals surface area contributed by atoms with Crippen molar-refractivity contribution in [3.8, 4) is 0 Å². The fourth-order valence-electron chi connectivity index (χ4n) is 0.572. The lowest BCUT2D eigenvalue weighted by Gasteiger charge is -2.15. The molecule has 0 aliphatic heterocycles. The second-order valence-electron chi connectivity index (χ2n) is 2.39. The largest absolute Gasteiger partial charge is 0.478 e. The lowest BCUT2D eigenvalue weighted by Crippen LogP contribution is -2.54. The van der Waals surface area contributed by atoms with Crippen LogP contribution in [0.2, 0.25) is 0 Å². The van der Waals surface area contributed by atoms with Gasteiger partial charge in [-0.05, 0) is 13.0 Å². The summed E-state index contributed by atoms with van der Waals surface area (Å²) in [4.78, 5) is 21.1. The fourth-order valence-corrected chi connectivity index (χ4v) is 0.572. The van der Waals surface area contributed by atoms with E-state index in [4.69, 9.17) is 21.7 Å². The van der Waals surface area contributed by atoms with Crippen LogP contribution in [0, 0.1) is 0 Å². The van der Waals surface area contributed by atoms with Gasteiger partial charge in [0, 0.05) is 6.42 Å². The maximum atomic E-state index is 10.9. The molecule has 0 saturated heterocycles. The van der Waals surface area contributed by atoms with Crippen LogP contribution in [0.3, 0.4) is 0 Å². The number of rotatable bonds is 5. The Hall–Kier alpha value is -0.980. The van der Waals surface area contributed by atoms with Crippen LogP contribution in [-0.4, -0.2) is 34.2 Å². The average molecular weight is 176 g/mol. The predicted octanol–water partition coefficient (Wildman–Crippen LogP) is -1.97. The van der Waals surface area contributed by atoms with Crippen molar-refractivity contribution in [3.63, 3.8) is 0 Å². The van der Waals surface area contributed by atoms with Gasteiger partial charge in [-0.15, -0.1) is 0 Å². The van der Waals surface area contributed by atoms with Gasteiger partial charge in [-0.2, -0.15) is 0 Å². The number of carbonyl (C=O) groups excluding carboxylic acids is 1. The maximum absolute atomic E-state index is 10.9. The van der Waals surface area contributed by atoms with E-state index in [9.17, 15) is 9.59 Å². The third-order valence-corrected chi connectivity index (χ3v) is 1.36. The van der Waals surface area contributed by atoms with Gasteiger partial charge < -0.3 is 15.9 Å². The first-order valence-electron chi connectivity index (χ1n) is 3.41. The molecule has 0 rings (SSSR count). The van der Waals surface area contributed by atoms with Gasteiger partial charge in [0.1, 0.15) is 0 Å². The third-order valence-electron chi connectivity index (χ3n) is 1.36. The molecule has 12 heavy (non-hydrogen) atoms. The molecule has 0 amide bonds. The van der Waals surface area contributed by atoms with Gasteiger partial charge >= 0.3 is 5.97 Å². The molecule has 6 nitrogen and oxygen atoms in total. The zero-order valence-corrected chi connectivity index (χ0v) is 6.49. The first-order chi connectivity index (χ1) is 5.42. The average Bonchev–Trinajstić information content (AvgIpc) is 1.99. The number of aliphatic hydroxyl groups is 1. The summed E-state index contributed by atoms with van der Waals surface area (Å²) in [7, 11) is 0. The summed E-state index contributed by atoms with van der Waals surface area (Å²) in [5, 5.41) is 17.2. The summed E-state index contributed by atoms with van der Waals surface area (Å²) in [6.45, 7) is 0.251. The van der Waals surface area contributed by atoms with Gasteiger partial charge in [-0.3, -0.25) is 10.5 Å². The van der Waals surface area contributed by atoms with Crippen molar-refractivity contribution in [2.24, 2.45) is 11.5 Å². The molecular weight excluding hydrogens is 164 g/mol. The minimum absolute atomic E-state index is 0.129. The molecule has 0 bridgehead atoms. The van der Waals surface area contributed by atoms with Crippen molar-refractivity contribution >= 4 is 11.8 Å². The molecule has 0 spiro atoms. The highest BCUT2D eigenvalue weighted by Gasteiger charge is 2.38. The van der Waals surface area contributed by atoms with Gasteiger partial charge in [0.25, 0.3) is 5.72 Å². The Labute approximate surface area is 69.2 Å². The summed E-state index contributed by atoms with van der Waals surface area (Å²) in [5.74, 6) is -2.68. The van der Waals surface area contributed by atoms with Crippen molar-refractivity contribution in [2.75, 3.05) is 6.54 Å². The highest BCUT2D eigenvalue weighted by molar-refractivity contribution is 6.05. The first-order valence-corrected chi connectivity index (χ1v) is 3.41. The molecule has 6 heteroatoms. The van der Waals surface area contributed by atoms with Crippen molar-refractivity contribution in [3.05, 3.63) is 0 Å². The van der Waals surface area contributed by atoms with Crippen LogP contribution in [0.4, 0.5) is 0 Å². The molecule has 1 unspecified atom stereocenters. The van der Waals surface area contributed by atoms with E-state index >= 15 is 0 Å². The number of ketones is 1. The number of carboxylic acid groups (broad SMARTS) is 1. The lowest BCUT2D eigenvalue weighted by molar-refractivity contribution is -0.164. The zero-order chi connectivity index (χ0) is 9.78. The molecule has 0 aromatic carbocycles. The summed E-state index contributed by atoms with van der Waals surface area (Å²) in [6.07, 6.45) is 0.182. The number of carboxylic acids is 1. The zero-order valence-electron chi connectivity index (χ0n) is 6.49. The molecule has 0 aliphatic carbocycles. The second-order valence-corrected chi connectivity index (χ2v) is 2.39. The highest BCUT2D eigenvalue weighted by Crippen LogP contribution is 2.02. The van der Waals surface area contributed by atoms with E-state index in [0.717, 1.165) is 0 Å². The Kier molecular flexibility index (Phi) is 3.81. The highest BCUT2D eigenvalue weighted by atomic mass is 16.4. The number of Topliss-reactive ketones (excluding diaryl/α,β-unsaturated/α-hetero) is 1. The number of nitrogens with two attached hydrogens (primary N) is 2. The van der Waals surface area contributed by atoms with Gasteiger partial charge in [0.05, 0.1) is 0 Å². The summed E-state index contributed by atoms with van der Waals surface area (Å²) in [5.41, 5.74) is 7.11. The van der Waals surface area contributed by atoms with Crippen LogP contribution in [0.1, 0.15) is 12.8 Å². The van der Waals surface area contributed by atoms with E-state index in [0.29, 0.717) is 6.42 Å².